The van der Waals surface area contributed by atoms with E-state index < -0.39 is 30.3 Å². The maximum Gasteiger partial charge on any atom is 0.390 e. The highest BCUT2D eigenvalue weighted by Crippen LogP contribution is 2.35. The SMILES string of the molecule is Cl.Cl.Fc1ccc([C@H](CC(F)(F)F)N2CCNCC2)c(F)c1. The number of halogens is 7. The lowest BCUT2D eigenvalue weighted by atomic mass is 10.00. The van der Waals surface area contributed by atoms with Crippen LogP contribution in [0, 0.1) is 11.6 Å². The normalized spacial score (nSPS) is 17.3. The molecule has 1 aliphatic heterocycles. The van der Waals surface area contributed by atoms with E-state index in [-0.39, 0.29) is 30.4 Å². The zero-order valence-electron chi connectivity index (χ0n) is 11.5. The Kier molecular flexibility index (Phi) is 8.61. The number of alkyl halides is 3. The van der Waals surface area contributed by atoms with E-state index in [4.69, 9.17) is 0 Å². The molecule has 0 bridgehead atoms. The van der Waals surface area contributed by atoms with Crippen LogP contribution in [0.1, 0.15) is 18.0 Å². The summed E-state index contributed by atoms with van der Waals surface area (Å²) in [5.74, 6) is -1.73. The Hall–Kier alpha value is -0.630. The average Bonchev–Trinajstić information content (AvgIpc) is 2.36. The lowest BCUT2D eigenvalue weighted by Crippen LogP contribution is -2.46. The Balaban J connectivity index is 0.00000220. The first-order valence-corrected chi connectivity index (χ1v) is 6.33. The molecule has 1 aliphatic rings. The number of nitrogens with zero attached hydrogens (tertiary/aromatic N) is 1. The smallest absolute Gasteiger partial charge is 0.314 e. The Morgan fingerprint density at radius 3 is 2.18 bits per heavy atom. The first-order chi connectivity index (χ1) is 9.37. The van der Waals surface area contributed by atoms with Gasteiger partial charge >= 0.3 is 6.18 Å². The summed E-state index contributed by atoms with van der Waals surface area (Å²) in [6.07, 6.45) is -5.55. The maximum absolute atomic E-state index is 13.8. The Morgan fingerprint density at radius 1 is 1.09 bits per heavy atom. The highest BCUT2D eigenvalue weighted by atomic mass is 35.5. The van der Waals surface area contributed by atoms with Gasteiger partial charge in [0.05, 0.1) is 6.42 Å². The van der Waals surface area contributed by atoms with E-state index in [0.717, 1.165) is 12.1 Å². The minimum absolute atomic E-state index is 0. The van der Waals surface area contributed by atoms with Gasteiger partial charge in [0.15, 0.2) is 0 Å². The molecular weight excluding hydrogens is 350 g/mol. The van der Waals surface area contributed by atoms with Crippen molar-refractivity contribution in [3.63, 3.8) is 0 Å². The van der Waals surface area contributed by atoms with Gasteiger partial charge < -0.3 is 5.32 Å². The molecule has 1 saturated heterocycles. The molecule has 2 rings (SSSR count). The lowest BCUT2D eigenvalue weighted by molar-refractivity contribution is -0.149. The Morgan fingerprint density at radius 2 is 1.68 bits per heavy atom. The van der Waals surface area contributed by atoms with Crippen molar-refractivity contribution in [2.75, 3.05) is 26.2 Å². The number of hydrogen-bond donors (Lipinski definition) is 1. The maximum atomic E-state index is 13.8. The number of rotatable bonds is 3. The van der Waals surface area contributed by atoms with Gasteiger partial charge in [0.1, 0.15) is 11.6 Å². The van der Waals surface area contributed by atoms with Gasteiger partial charge in [-0.3, -0.25) is 4.90 Å². The third-order valence-corrected chi connectivity index (χ3v) is 3.34. The molecular formula is C13H17Cl2F5N2. The van der Waals surface area contributed by atoms with Crippen molar-refractivity contribution in [2.24, 2.45) is 0 Å². The fourth-order valence-electron chi connectivity index (χ4n) is 2.42. The van der Waals surface area contributed by atoms with Gasteiger partial charge in [0, 0.05) is 43.9 Å². The monoisotopic (exact) mass is 366 g/mol. The van der Waals surface area contributed by atoms with E-state index in [1.54, 1.807) is 4.90 Å². The van der Waals surface area contributed by atoms with Crippen molar-refractivity contribution in [1.29, 1.82) is 0 Å². The van der Waals surface area contributed by atoms with Gasteiger partial charge in [0.25, 0.3) is 0 Å². The van der Waals surface area contributed by atoms with Gasteiger partial charge in [-0.25, -0.2) is 8.78 Å². The van der Waals surface area contributed by atoms with Crippen LogP contribution < -0.4 is 5.32 Å². The number of hydrogen-bond acceptors (Lipinski definition) is 2. The van der Waals surface area contributed by atoms with Crippen molar-refractivity contribution < 1.29 is 22.0 Å². The Bertz CT molecular complexity index is 464. The van der Waals surface area contributed by atoms with E-state index in [0.29, 0.717) is 32.2 Å². The van der Waals surface area contributed by atoms with Crippen molar-refractivity contribution in [3.8, 4) is 0 Å². The molecule has 0 amide bonds. The quantitative estimate of drug-likeness (QED) is 0.820. The summed E-state index contributed by atoms with van der Waals surface area (Å²) in [6, 6.07) is 1.60. The van der Waals surface area contributed by atoms with E-state index in [1.165, 1.54) is 0 Å². The van der Waals surface area contributed by atoms with Crippen molar-refractivity contribution in [1.82, 2.24) is 10.2 Å². The minimum Gasteiger partial charge on any atom is -0.314 e. The first-order valence-electron chi connectivity index (χ1n) is 6.33. The predicted molar refractivity (Wildman–Crippen MR) is 78.7 cm³/mol. The zero-order chi connectivity index (χ0) is 14.8. The largest absolute Gasteiger partial charge is 0.390 e. The highest BCUT2D eigenvalue weighted by molar-refractivity contribution is 5.85. The van der Waals surface area contributed by atoms with E-state index in [1.807, 2.05) is 0 Å². The van der Waals surface area contributed by atoms with Crippen molar-refractivity contribution in [2.45, 2.75) is 18.6 Å². The molecule has 0 spiro atoms. The fourth-order valence-corrected chi connectivity index (χ4v) is 2.42. The number of piperazine rings is 1. The van der Waals surface area contributed by atoms with Crippen LogP contribution in [0.25, 0.3) is 0 Å². The molecule has 0 radical (unpaired) electrons. The summed E-state index contributed by atoms with van der Waals surface area (Å²) in [5, 5.41) is 3.03. The minimum atomic E-state index is -4.41. The summed E-state index contributed by atoms with van der Waals surface area (Å²) in [7, 11) is 0. The standard InChI is InChI=1S/C13H15F5N2.2ClH/c14-9-1-2-10(11(15)7-9)12(8-13(16,17)18)20-5-3-19-4-6-20;;/h1-2,7,12,19H,3-6,8H2;2*1H/t12-;;/m0../s1. The molecule has 9 heteroatoms. The highest BCUT2D eigenvalue weighted by Gasteiger charge is 2.37. The number of nitrogens with one attached hydrogen (secondary N) is 1. The van der Waals surface area contributed by atoms with Gasteiger partial charge in [-0.2, -0.15) is 13.2 Å². The van der Waals surface area contributed by atoms with Crippen LogP contribution in [-0.4, -0.2) is 37.3 Å². The van der Waals surface area contributed by atoms with Crippen LogP contribution >= 0.6 is 24.8 Å². The molecule has 1 aromatic rings. The molecule has 0 unspecified atom stereocenters. The zero-order valence-corrected chi connectivity index (χ0v) is 13.1. The molecule has 128 valence electrons. The molecule has 1 heterocycles. The summed E-state index contributed by atoms with van der Waals surface area (Å²) in [6.45, 7) is 1.91. The Labute approximate surface area is 137 Å². The summed E-state index contributed by atoms with van der Waals surface area (Å²) < 4.78 is 64.8. The molecule has 1 aromatic carbocycles. The third kappa shape index (κ3) is 5.87. The molecule has 1 atom stereocenters. The van der Waals surface area contributed by atoms with E-state index in [9.17, 15) is 22.0 Å². The second-order valence-electron chi connectivity index (χ2n) is 4.79. The average molecular weight is 367 g/mol. The predicted octanol–water partition coefficient (Wildman–Crippen LogP) is 3.71. The van der Waals surface area contributed by atoms with Crippen molar-refractivity contribution in [3.05, 3.63) is 35.4 Å². The van der Waals surface area contributed by atoms with Gasteiger partial charge in [-0.05, 0) is 6.07 Å². The molecule has 0 aliphatic carbocycles. The topological polar surface area (TPSA) is 15.3 Å². The van der Waals surface area contributed by atoms with Crippen LogP contribution in [0.15, 0.2) is 18.2 Å². The van der Waals surface area contributed by atoms with Crippen LogP contribution in [0.3, 0.4) is 0 Å². The summed E-state index contributed by atoms with van der Waals surface area (Å²) >= 11 is 0. The van der Waals surface area contributed by atoms with Crippen molar-refractivity contribution >= 4 is 24.8 Å². The van der Waals surface area contributed by atoms with Gasteiger partial charge in [-0.15, -0.1) is 24.8 Å². The second-order valence-corrected chi connectivity index (χ2v) is 4.79. The fraction of sp³-hybridized carbons (Fsp3) is 0.538. The lowest BCUT2D eigenvalue weighted by Gasteiger charge is -2.35. The van der Waals surface area contributed by atoms with E-state index in [2.05, 4.69) is 5.32 Å². The van der Waals surface area contributed by atoms with Crippen LogP contribution in [-0.2, 0) is 0 Å². The van der Waals surface area contributed by atoms with Crippen LogP contribution in [0.5, 0.6) is 0 Å². The van der Waals surface area contributed by atoms with Crippen LogP contribution in [0.2, 0.25) is 0 Å². The number of benzene rings is 1. The second kappa shape index (κ2) is 8.86. The summed E-state index contributed by atoms with van der Waals surface area (Å²) in [5.41, 5.74) is -0.106. The molecule has 22 heavy (non-hydrogen) atoms. The third-order valence-electron chi connectivity index (χ3n) is 3.34. The molecule has 0 aromatic heterocycles. The molecule has 1 N–H and O–H groups in total. The van der Waals surface area contributed by atoms with Gasteiger partial charge in [0.2, 0.25) is 0 Å². The van der Waals surface area contributed by atoms with Crippen LogP contribution in [0.4, 0.5) is 22.0 Å². The summed E-state index contributed by atoms with van der Waals surface area (Å²) in [4.78, 5) is 1.58. The first kappa shape index (κ1) is 21.4. The molecule has 2 nitrogen and oxygen atoms in total. The van der Waals surface area contributed by atoms with Gasteiger partial charge in [-0.1, -0.05) is 6.07 Å². The molecule has 1 fully saturated rings. The van der Waals surface area contributed by atoms with E-state index >= 15 is 0 Å². The molecule has 0 saturated carbocycles.